The van der Waals surface area contributed by atoms with E-state index in [0.717, 1.165) is 23.3 Å². The minimum absolute atomic E-state index is 0.0279. The van der Waals surface area contributed by atoms with Gasteiger partial charge in [0.2, 0.25) is 5.91 Å². The zero-order chi connectivity index (χ0) is 23.9. The summed E-state index contributed by atoms with van der Waals surface area (Å²) in [4.78, 5) is 31.0. The van der Waals surface area contributed by atoms with E-state index in [2.05, 4.69) is 5.32 Å². The summed E-state index contributed by atoms with van der Waals surface area (Å²) in [7, 11) is 0. The number of rotatable bonds is 10. The lowest BCUT2D eigenvalue weighted by atomic mass is 10.2. The van der Waals surface area contributed by atoms with Crippen molar-refractivity contribution in [2.45, 2.75) is 38.9 Å². The number of thiophene rings is 1. The molecule has 4 rings (SSSR count). The van der Waals surface area contributed by atoms with Gasteiger partial charge in [-0.3, -0.25) is 4.79 Å². The van der Waals surface area contributed by atoms with Gasteiger partial charge in [0.1, 0.15) is 18.1 Å². The molecule has 1 heterocycles. The first kappa shape index (κ1) is 23.8. The number of carbonyl (C=O) groups excluding carboxylic acids is 2. The predicted octanol–water partition coefficient (Wildman–Crippen LogP) is 5.51. The number of amides is 3. The minimum atomic E-state index is -0.319. The first-order valence-corrected chi connectivity index (χ1v) is 12.3. The maximum Gasteiger partial charge on any atom is 0.322 e. The highest BCUT2D eigenvalue weighted by molar-refractivity contribution is 7.09. The molecule has 2 aromatic carbocycles. The number of benzene rings is 2. The summed E-state index contributed by atoms with van der Waals surface area (Å²) in [5.41, 5.74) is 1.41. The summed E-state index contributed by atoms with van der Waals surface area (Å²) in [6.45, 7) is 3.11. The highest BCUT2D eigenvalue weighted by Crippen LogP contribution is 2.30. The summed E-state index contributed by atoms with van der Waals surface area (Å²) in [5.74, 6) is 0.123. The van der Waals surface area contributed by atoms with Crippen LogP contribution in [-0.4, -0.2) is 40.9 Å². The lowest BCUT2D eigenvalue weighted by molar-refractivity contribution is -0.133. The number of carbonyl (C=O) groups is 2. The van der Waals surface area contributed by atoms with Crippen LogP contribution in [0.1, 0.15) is 30.2 Å². The Morgan fingerprint density at radius 3 is 2.50 bits per heavy atom. The second-order valence-electron chi connectivity index (χ2n) is 8.17. The number of hydrogen-bond acceptors (Lipinski definition) is 4. The number of nitrogens with zero attached hydrogens (tertiary/aromatic N) is 2. The first-order chi connectivity index (χ1) is 16.5. The van der Waals surface area contributed by atoms with Crippen LogP contribution in [0.2, 0.25) is 0 Å². The topological polar surface area (TPSA) is 61.9 Å². The molecule has 1 aliphatic carbocycles. The smallest absolute Gasteiger partial charge is 0.322 e. The monoisotopic (exact) mass is 481 g/mol. The molecule has 0 saturated heterocycles. The third kappa shape index (κ3) is 6.35. The van der Waals surface area contributed by atoms with Crippen LogP contribution in [0.15, 0.2) is 66.0 Å². The number of anilines is 1. The lowest BCUT2D eigenvalue weighted by Gasteiger charge is -2.28. The number of hydrogen-bond donors (Lipinski definition) is 1. The number of para-hydroxylation sites is 2. The zero-order valence-corrected chi connectivity index (χ0v) is 19.9. The number of halogens is 1. The molecule has 0 atom stereocenters. The van der Waals surface area contributed by atoms with Gasteiger partial charge in [-0.05, 0) is 61.0 Å². The van der Waals surface area contributed by atoms with Crippen LogP contribution in [0, 0.1) is 5.82 Å². The second kappa shape index (κ2) is 11.2. The normalized spacial score (nSPS) is 12.8. The Hall–Kier alpha value is -3.39. The Morgan fingerprint density at radius 2 is 1.82 bits per heavy atom. The summed E-state index contributed by atoms with van der Waals surface area (Å²) >= 11 is 1.57. The van der Waals surface area contributed by atoms with Crippen molar-refractivity contribution in [2.24, 2.45) is 0 Å². The van der Waals surface area contributed by atoms with Crippen LogP contribution in [0.25, 0.3) is 0 Å². The second-order valence-corrected chi connectivity index (χ2v) is 9.21. The summed E-state index contributed by atoms with van der Waals surface area (Å²) < 4.78 is 19.0. The van der Waals surface area contributed by atoms with E-state index >= 15 is 0 Å². The SMILES string of the molecule is CCOc1ccccc1NC(=O)N(CC(=O)N(Cc1ccc(F)cc1)Cc1cccs1)C1CC1. The van der Waals surface area contributed by atoms with Gasteiger partial charge >= 0.3 is 6.03 Å². The third-order valence-corrected chi connectivity index (χ3v) is 6.41. The van der Waals surface area contributed by atoms with Crippen LogP contribution >= 0.6 is 11.3 Å². The standard InChI is InChI=1S/C26H28FN3O3S/c1-2-33-24-8-4-3-7-23(24)28-26(32)30(21-13-14-21)18-25(31)29(17-22-6-5-15-34-22)16-19-9-11-20(27)12-10-19/h3-12,15,21H,2,13-14,16-18H2,1H3,(H,28,32). The van der Waals surface area contributed by atoms with Crippen LogP contribution < -0.4 is 10.1 Å². The molecule has 178 valence electrons. The van der Waals surface area contributed by atoms with E-state index in [-0.39, 0.29) is 30.3 Å². The van der Waals surface area contributed by atoms with E-state index < -0.39 is 0 Å². The van der Waals surface area contributed by atoms with Crippen molar-refractivity contribution in [3.63, 3.8) is 0 Å². The van der Waals surface area contributed by atoms with Crippen molar-refractivity contribution in [3.05, 3.63) is 82.3 Å². The van der Waals surface area contributed by atoms with Gasteiger partial charge in [0.25, 0.3) is 0 Å². The average Bonchev–Trinajstić information content (AvgIpc) is 3.54. The van der Waals surface area contributed by atoms with Crippen LogP contribution in [0.5, 0.6) is 5.75 Å². The third-order valence-electron chi connectivity index (χ3n) is 5.55. The molecule has 6 nitrogen and oxygen atoms in total. The van der Waals surface area contributed by atoms with Crippen LogP contribution in [0.3, 0.4) is 0 Å². The largest absolute Gasteiger partial charge is 0.492 e. The van der Waals surface area contributed by atoms with Crippen molar-refractivity contribution in [3.8, 4) is 5.75 Å². The maximum absolute atomic E-state index is 13.4. The minimum Gasteiger partial charge on any atom is -0.492 e. The summed E-state index contributed by atoms with van der Waals surface area (Å²) in [6, 6.07) is 17.1. The van der Waals surface area contributed by atoms with Gasteiger partial charge in [0.05, 0.1) is 18.8 Å². The van der Waals surface area contributed by atoms with E-state index in [9.17, 15) is 14.0 Å². The van der Waals surface area contributed by atoms with Gasteiger partial charge in [0.15, 0.2) is 0 Å². The van der Waals surface area contributed by atoms with Gasteiger partial charge in [-0.15, -0.1) is 11.3 Å². The molecule has 0 spiro atoms. The highest BCUT2D eigenvalue weighted by atomic mass is 32.1. The number of urea groups is 1. The summed E-state index contributed by atoms with van der Waals surface area (Å²) in [5, 5.41) is 4.88. The van der Waals surface area contributed by atoms with E-state index in [1.54, 1.807) is 45.4 Å². The fraction of sp³-hybridized carbons (Fsp3) is 0.308. The lowest BCUT2D eigenvalue weighted by Crippen LogP contribution is -2.45. The van der Waals surface area contributed by atoms with Crippen molar-refractivity contribution in [1.82, 2.24) is 9.80 Å². The van der Waals surface area contributed by atoms with Gasteiger partial charge in [-0.2, -0.15) is 0 Å². The molecule has 34 heavy (non-hydrogen) atoms. The average molecular weight is 482 g/mol. The molecule has 0 bridgehead atoms. The quantitative estimate of drug-likeness (QED) is 0.415. The Balaban J connectivity index is 1.48. The maximum atomic E-state index is 13.4. The molecule has 0 radical (unpaired) electrons. The van der Waals surface area contributed by atoms with E-state index in [1.165, 1.54) is 12.1 Å². The number of nitrogens with one attached hydrogen (secondary N) is 1. The molecular weight excluding hydrogens is 453 g/mol. The molecule has 0 aliphatic heterocycles. The Bertz CT molecular complexity index is 1100. The van der Waals surface area contributed by atoms with E-state index in [1.807, 2.05) is 36.6 Å². The molecule has 0 unspecified atom stereocenters. The fourth-order valence-corrected chi connectivity index (χ4v) is 4.39. The van der Waals surface area contributed by atoms with E-state index in [4.69, 9.17) is 4.74 Å². The molecule has 3 aromatic rings. The van der Waals surface area contributed by atoms with Gasteiger partial charge in [-0.25, -0.2) is 9.18 Å². The molecule has 1 aromatic heterocycles. The Morgan fingerprint density at radius 1 is 1.06 bits per heavy atom. The van der Waals surface area contributed by atoms with Gasteiger partial charge in [0, 0.05) is 17.5 Å². The van der Waals surface area contributed by atoms with Crippen molar-refractivity contribution >= 4 is 29.0 Å². The Labute approximate surface area is 203 Å². The zero-order valence-electron chi connectivity index (χ0n) is 19.1. The van der Waals surface area contributed by atoms with Crippen molar-refractivity contribution in [1.29, 1.82) is 0 Å². The van der Waals surface area contributed by atoms with Crippen molar-refractivity contribution < 1.29 is 18.7 Å². The number of ether oxygens (including phenoxy) is 1. The van der Waals surface area contributed by atoms with Gasteiger partial charge < -0.3 is 19.9 Å². The molecule has 1 fully saturated rings. The molecule has 1 aliphatic rings. The molecule has 8 heteroatoms. The van der Waals surface area contributed by atoms with Gasteiger partial charge in [-0.1, -0.05) is 30.3 Å². The van der Waals surface area contributed by atoms with E-state index in [0.29, 0.717) is 31.1 Å². The van der Waals surface area contributed by atoms with Crippen LogP contribution in [-0.2, 0) is 17.9 Å². The summed E-state index contributed by atoms with van der Waals surface area (Å²) in [6.07, 6.45) is 1.74. The van der Waals surface area contributed by atoms with Crippen LogP contribution in [0.4, 0.5) is 14.9 Å². The van der Waals surface area contributed by atoms with Crippen molar-refractivity contribution in [2.75, 3.05) is 18.5 Å². The highest BCUT2D eigenvalue weighted by Gasteiger charge is 2.35. The molecule has 3 amide bonds. The first-order valence-electron chi connectivity index (χ1n) is 11.4. The Kier molecular flexibility index (Phi) is 7.80. The molecule has 1 saturated carbocycles. The molecule has 1 N–H and O–H groups in total. The molecular formula is C26H28FN3O3S. The fourth-order valence-electron chi connectivity index (χ4n) is 3.67. The predicted molar refractivity (Wildman–Crippen MR) is 131 cm³/mol.